The van der Waals surface area contributed by atoms with Gasteiger partial charge >= 0.3 is 0 Å². The van der Waals surface area contributed by atoms with Crippen LogP contribution in [0.15, 0.2) is 77.7 Å². The molecule has 1 saturated heterocycles. The summed E-state index contributed by atoms with van der Waals surface area (Å²) in [6.45, 7) is 5.63. The Kier molecular flexibility index (Phi) is 6.37. The standard InChI is InChI=1S/C28H32N2O2S/c1-22-5-4-18-29(22)19-16-23-8-10-25(11-9-23)26-12-14-28(15-13-26)33(31,32)30-20-17-24-6-2-3-7-27(24)21-30/h2-3,6-15,22H,4-5,16-21H2,1H3/t22-/m1/s1. The number of nitrogens with zero attached hydrogens (tertiary/aromatic N) is 2. The summed E-state index contributed by atoms with van der Waals surface area (Å²) in [4.78, 5) is 2.94. The van der Waals surface area contributed by atoms with Crippen molar-refractivity contribution in [2.45, 2.75) is 50.1 Å². The Morgan fingerprint density at radius 1 is 0.848 bits per heavy atom. The summed E-state index contributed by atoms with van der Waals surface area (Å²) in [7, 11) is -3.50. The molecule has 0 amide bonds. The Hall–Kier alpha value is -2.47. The second-order valence-corrected chi connectivity index (χ2v) is 11.3. The number of fused-ring (bicyclic) bond motifs is 1. The minimum absolute atomic E-state index is 0.363. The van der Waals surface area contributed by atoms with Crippen molar-refractivity contribution in [2.24, 2.45) is 0 Å². The maximum atomic E-state index is 13.2. The first kappa shape index (κ1) is 22.3. The zero-order chi connectivity index (χ0) is 22.8. The third-order valence-electron chi connectivity index (χ3n) is 7.25. The Morgan fingerprint density at radius 3 is 2.18 bits per heavy atom. The normalized spacial score (nSPS) is 19.5. The molecule has 0 spiro atoms. The number of hydrogen-bond donors (Lipinski definition) is 0. The SMILES string of the molecule is C[C@@H]1CCCN1CCc1ccc(-c2ccc(S(=O)(=O)N3CCc4ccccc4C3)cc2)cc1. The molecule has 1 atom stereocenters. The van der Waals surface area contributed by atoms with Crippen LogP contribution in [0.5, 0.6) is 0 Å². The van der Waals surface area contributed by atoms with Gasteiger partial charge < -0.3 is 4.90 Å². The van der Waals surface area contributed by atoms with Gasteiger partial charge in [-0.1, -0.05) is 60.7 Å². The number of hydrogen-bond acceptors (Lipinski definition) is 3. The van der Waals surface area contributed by atoms with Gasteiger partial charge in [0.15, 0.2) is 0 Å². The Labute approximate surface area is 197 Å². The van der Waals surface area contributed by atoms with E-state index in [1.165, 1.54) is 30.5 Å². The molecule has 5 rings (SSSR count). The molecule has 0 unspecified atom stereocenters. The van der Waals surface area contributed by atoms with Crippen LogP contribution in [0.25, 0.3) is 11.1 Å². The fraction of sp³-hybridized carbons (Fsp3) is 0.357. The highest BCUT2D eigenvalue weighted by molar-refractivity contribution is 7.89. The van der Waals surface area contributed by atoms with E-state index in [1.807, 2.05) is 30.3 Å². The van der Waals surface area contributed by atoms with Gasteiger partial charge in [0.1, 0.15) is 0 Å². The van der Waals surface area contributed by atoms with Gasteiger partial charge in [-0.25, -0.2) is 8.42 Å². The third kappa shape index (κ3) is 4.77. The van der Waals surface area contributed by atoms with Crippen LogP contribution in [0, 0.1) is 0 Å². The second kappa shape index (κ2) is 9.41. The molecule has 172 valence electrons. The summed E-state index contributed by atoms with van der Waals surface area (Å²) in [6.07, 6.45) is 4.46. The summed E-state index contributed by atoms with van der Waals surface area (Å²) in [5.74, 6) is 0. The van der Waals surface area contributed by atoms with E-state index >= 15 is 0 Å². The molecule has 0 saturated carbocycles. The van der Waals surface area contributed by atoms with E-state index < -0.39 is 10.0 Å². The number of benzene rings is 3. The molecule has 0 N–H and O–H groups in total. The van der Waals surface area contributed by atoms with E-state index in [0.717, 1.165) is 36.1 Å². The summed E-state index contributed by atoms with van der Waals surface area (Å²) >= 11 is 0. The van der Waals surface area contributed by atoms with Crippen molar-refractivity contribution in [1.29, 1.82) is 0 Å². The fourth-order valence-corrected chi connectivity index (χ4v) is 6.52. The van der Waals surface area contributed by atoms with Crippen LogP contribution >= 0.6 is 0 Å². The highest BCUT2D eigenvalue weighted by atomic mass is 32.2. The highest BCUT2D eigenvalue weighted by Gasteiger charge is 2.28. The van der Waals surface area contributed by atoms with Crippen molar-refractivity contribution in [3.63, 3.8) is 0 Å². The molecule has 33 heavy (non-hydrogen) atoms. The van der Waals surface area contributed by atoms with E-state index in [1.54, 1.807) is 16.4 Å². The molecular weight excluding hydrogens is 428 g/mol. The Bertz CT molecular complexity index is 1200. The van der Waals surface area contributed by atoms with Gasteiger partial charge in [0.05, 0.1) is 4.90 Å². The van der Waals surface area contributed by atoms with Crippen LogP contribution in [0.1, 0.15) is 36.5 Å². The molecule has 3 aromatic carbocycles. The van der Waals surface area contributed by atoms with Crippen molar-refractivity contribution >= 4 is 10.0 Å². The van der Waals surface area contributed by atoms with Crippen LogP contribution < -0.4 is 0 Å². The van der Waals surface area contributed by atoms with Gasteiger partial charge in [0.25, 0.3) is 0 Å². The zero-order valence-corrected chi connectivity index (χ0v) is 20.1. The topological polar surface area (TPSA) is 40.6 Å². The molecule has 3 aromatic rings. The molecule has 0 aliphatic carbocycles. The van der Waals surface area contributed by atoms with Crippen molar-refractivity contribution in [3.8, 4) is 11.1 Å². The summed E-state index contributed by atoms with van der Waals surface area (Å²) < 4.78 is 28.0. The first-order valence-corrected chi connectivity index (χ1v) is 13.4. The fourth-order valence-electron chi connectivity index (χ4n) is 5.10. The van der Waals surface area contributed by atoms with Crippen molar-refractivity contribution in [2.75, 3.05) is 19.6 Å². The van der Waals surface area contributed by atoms with Crippen molar-refractivity contribution < 1.29 is 8.42 Å². The van der Waals surface area contributed by atoms with Gasteiger partial charge in [-0.3, -0.25) is 0 Å². The van der Waals surface area contributed by atoms with E-state index in [-0.39, 0.29) is 0 Å². The van der Waals surface area contributed by atoms with E-state index in [4.69, 9.17) is 0 Å². The largest absolute Gasteiger partial charge is 0.300 e. The predicted octanol–water partition coefficient (Wildman–Crippen LogP) is 5.13. The third-order valence-corrected chi connectivity index (χ3v) is 9.11. The molecule has 0 bridgehead atoms. The average Bonchev–Trinajstić information content (AvgIpc) is 3.27. The predicted molar refractivity (Wildman–Crippen MR) is 134 cm³/mol. The molecule has 0 aromatic heterocycles. The van der Waals surface area contributed by atoms with Crippen LogP contribution in [0.3, 0.4) is 0 Å². The van der Waals surface area contributed by atoms with E-state index in [0.29, 0.717) is 24.0 Å². The molecule has 2 heterocycles. The lowest BCUT2D eigenvalue weighted by atomic mass is 10.0. The maximum absolute atomic E-state index is 13.2. The Morgan fingerprint density at radius 2 is 1.52 bits per heavy atom. The molecule has 0 radical (unpaired) electrons. The van der Waals surface area contributed by atoms with Gasteiger partial charge in [-0.05, 0) is 79.1 Å². The van der Waals surface area contributed by atoms with E-state index in [9.17, 15) is 8.42 Å². The molecule has 2 aliphatic heterocycles. The van der Waals surface area contributed by atoms with Crippen molar-refractivity contribution in [3.05, 3.63) is 89.5 Å². The van der Waals surface area contributed by atoms with Crippen LogP contribution in [-0.2, 0) is 29.4 Å². The first-order valence-electron chi connectivity index (χ1n) is 12.0. The molecule has 4 nitrogen and oxygen atoms in total. The highest BCUT2D eigenvalue weighted by Crippen LogP contribution is 2.27. The lowest BCUT2D eigenvalue weighted by Crippen LogP contribution is -2.35. The smallest absolute Gasteiger partial charge is 0.243 e. The van der Waals surface area contributed by atoms with Gasteiger partial charge in [0, 0.05) is 25.7 Å². The van der Waals surface area contributed by atoms with Crippen molar-refractivity contribution in [1.82, 2.24) is 9.21 Å². The maximum Gasteiger partial charge on any atom is 0.243 e. The number of rotatable bonds is 6. The molecular formula is C28H32N2O2S. The Balaban J connectivity index is 1.25. The average molecular weight is 461 g/mol. The summed E-state index contributed by atoms with van der Waals surface area (Å²) in [5.41, 5.74) is 5.85. The quantitative estimate of drug-likeness (QED) is 0.512. The number of sulfonamides is 1. The van der Waals surface area contributed by atoms with Crippen LogP contribution in [-0.4, -0.2) is 43.3 Å². The minimum atomic E-state index is -3.50. The molecule has 1 fully saturated rings. The molecule has 5 heteroatoms. The van der Waals surface area contributed by atoms with Gasteiger partial charge in [-0.15, -0.1) is 0 Å². The summed E-state index contributed by atoms with van der Waals surface area (Å²) in [5, 5.41) is 0. The lowest BCUT2D eigenvalue weighted by Gasteiger charge is -2.28. The second-order valence-electron chi connectivity index (χ2n) is 9.36. The zero-order valence-electron chi connectivity index (χ0n) is 19.3. The minimum Gasteiger partial charge on any atom is -0.300 e. The monoisotopic (exact) mass is 460 g/mol. The van der Waals surface area contributed by atoms with Gasteiger partial charge in [-0.2, -0.15) is 4.31 Å². The summed E-state index contributed by atoms with van der Waals surface area (Å²) in [6, 6.07) is 24.8. The van der Waals surface area contributed by atoms with Crippen LogP contribution in [0.4, 0.5) is 0 Å². The first-order chi connectivity index (χ1) is 16.0. The number of likely N-dealkylation sites (tertiary alicyclic amines) is 1. The molecule has 2 aliphatic rings. The lowest BCUT2D eigenvalue weighted by molar-refractivity contribution is 0.272. The van der Waals surface area contributed by atoms with Crippen LogP contribution in [0.2, 0.25) is 0 Å². The van der Waals surface area contributed by atoms with E-state index in [2.05, 4.69) is 42.2 Å². The van der Waals surface area contributed by atoms with Gasteiger partial charge in [0.2, 0.25) is 10.0 Å².